The van der Waals surface area contributed by atoms with Gasteiger partial charge in [0.1, 0.15) is 11.5 Å². The number of nitrogens with zero attached hydrogens (tertiary/aromatic N) is 1. The van der Waals surface area contributed by atoms with Crippen molar-refractivity contribution in [3.8, 4) is 11.5 Å². The summed E-state index contributed by atoms with van der Waals surface area (Å²) < 4.78 is 10.9. The standard InChI is InChI=1S/C20H22Cl2N2O3/c1-26-14-6-8-19(27-2)15(11-14)18-4-3-9-24(18)12-20(25)23-17-10-13(21)5-7-16(17)22/h5-8,10-11,18H,3-4,9,12H2,1-2H3,(H,23,25)/t18-/m1/s1. The Balaban J connectivity index is 1.75. The second-order valence-electron chi connectivity index (χ2n) is 6.41. The maximum absolute atomic E-state index is 12.6. The molecule has 1 saturated heterocycles. The van der Waals surface area contributed by atoms with Crippen LogP contribution >= 0.6 is 23.2 Å². The number of anilines is 1. The molecule has 2 aromatic carbocycles. The van der Waals surface area contributed by atoms with Crippen LogP contribution in [0.2, 0.25) is 10.0 Å². The predicted octanol–water partition coefficient (Wildman–Crippen LogP) is 4.79. The van der Waals surface area contributed by atoms with E-state index in [0.717, 1.165) is 36.4 Å². The highest BCUT2D eigenvalue weighted by Crippen LogP contribution is 2.38. The molecule has 0 saturated carbocycles. The smallest absolute Gasteiger partial charge is 0.238 e. The summed E-state index contributed by atoms with van der Waals surface area (Å²) in [5.41, 5.74) is 1.55. The van der Waals surface area contributed by atoms with Gasteiger partial charge in [0, 0.05) is 16.6 Å². The van der Waals surface area contributed by atoms with Gasteiger partial charge in [0.05, 0.1) is 31.5 Å². The van der Waals surface area contributed by atoms with Gasteiger partial charge in [-0.25, -0.2) is 0 Å². The normalized spacial score (nSPS) is 17.0. The Morgan fingerprint density at radius 3 is 2.74 bits per heavy atom. The van der Waals surface area contributed by atoms with Crippen molar-refractivity contribution >= 4 is 34.8 Å². The van der Waals surface area contributed by atoms with Crippen molar-refractivity contribution in [2.45, 2.75) is 18.9 Å². The molecule has 7 heteroatoms. The zero-order valence-electron chi connectivity index (χ0n) is 15.3. The molecule has 0 aromatic heterocycles. The SMILES string of the molecule is COc1ccc(OC)c([C@H]2CCCN2CC(=O)Nc2cc(Cl)ccc2Cl)c1. The molecule has 0 unspecified atom stereocenters. The number of carbonyl (C=O) groups excluding carboxylic acids is 1. The van der Waals surface area contributed by atoms with Crippen LogP contribution in [-0.2, 0) is 4.79 Å². The minimum atomic E-state index is -0.132. The van der Waals surface area contributed by atoms with E-state index in [1.807, 2.05) is 18.2 Å². The van der Waals surface area contributed by atoms with Gasteiger partial charge in [-0.3, -0.25) is 9.69 Å². The summed E-state index contributed by atoms with van der Waals surface area (Å²) in [5.74, 6) is 1.44. The third-order valence-corrected chi connectivity index (χ3v) is 5.27. The Hall–Kier alpha value is -1.95. The fourth-order valence-corrected chi connectivity index (χ4v) is 3.77. The van der Waals surface area contributed by atoms with E-state index < -0.39 is 0 Å². The lowest BCUT2D eigenvalue weighted by Crippen LogP contribution is -2.33. The molecule has 3 rings (SSSR count). The zero-order chi connectivity index (χ0) is 19.4. The lowest BCUT2D eigenvalue weighted by atomic mass is 10.0. The molecule has 1 amide bonds. The first kappa shape index (κ1) is 19.8. The minimum Gasteiger partial charge on any atom is -0.497 e. The summed E-state index contributed by atoms with van der Waals surface area (Å²) in [4.78, 5) is 14.7. The number of ether oxygens (including phenoxy) is 2. The highest BCUT2D eigenvalue weighted by Gasteiger charge is 2.30. The van der Waals surface area contributed by atoms with E-state index >= 15 is 0 Å². The molecular weight excluding hydrogens is 387 g/mol. The number of hydrogen-bond donors (Lipinski definition) is 1. The van der Waals surface area contributed by atoms with E-state index in [-0.39, 0.29) is 18.5 Å². The Morgan fingerprint density at radius 1 is 1.19 bits per heavy atom. The van der Waals surface area contributed by atoms with Crippen LogP contribution in [0, 0.1) is 0 Å². The van der Waals surface area contributed by atoms with E-state index in [1.54, 1.807) is 32.4 Å². The van der Waals surface area contributed by atoms with Crippen molar-refractivity contribution in [1.29, 1.82) is 0 Å². The van der Waals surface area contributed by atoms with E-state index in [9.17, 15) is 4.79 Å². The summed E-state index contributed by atoms with van der Waals surface area (Å²) in [7, 11) is 3.29. The highest BCUT2D eigenvalue weighted by atomic mass is 35.5. The average molecular weight is 409 g/mol. The molecule has 0 spiro atoms. The van der Waals surface area contributed by atoms with E-state index in [4.69, 9.17) is 32.7 Å². The molecule has 1 atom stereocenters. The maximum atomic E-state index is 12.6. The summed E-state index contributed by atoms with van der Waals surface area (Å²) >= 11 is 12.1. The third-order valence-electron chi connectivity index (χ3n) is 4.71. The zero-order valence-corrected chi connectivity index (χ0v) is 16.8. The number of nitrogens with one attached hydrogen (secondary N) is 1. The molecule has 0 radical (unpaired) electrons. The third kappa shape index (κ3) is 4.67. The molecule has 1 aliphatic heterocycles. The first-order valence-electron chi connectivity index (χ1n) is 8.72. The van der Waals surface area contributed by atoms with Crippen molar-refractivity contribution in [3.05, 3.63) is 52.0 Å². The molecule has 1 fully saturated rings. The molecule has 1 N–H and O–H groups in total. The van der Waals surface area contributed by atoms with Gasteiger partial charge in [-0.1, -0.05) is 23.2 Å². The molecule has 1 aliphatic rings. The Morgan fingerprint density at radius 2 is 2.00 bits per heavy atom. The monoisotopic (exact) mass is 408 g/mol. The fraction of sp³-hybridized carbons (Fsp3) is 0.350. The fourth-order valence-electron chi connectivity index (χ4n) is 3.43. The van der Waals surface area contributed by atoms with Crippen LogP contribution in [0.15, 0.2) is 36.4 Å². The van der Waals surface area contributed by atoms with Crippen LogP contribution in [0.5, 0.6) is 11.5 Å². The molecular formula is C20H22Cl2N2O3. The minimum absolute atomic E-state index is 0.0932. The number of likely N-dealkylation sites (tertiary alicyclic amines) is 1. The summed E-state index contributed by atoms with van der Waals surface area (Å²) in [6, 6.07) is 10.8. The van der Waals surface area contributed by atoms with Crippen molar-refractivity contribution < 1.29 is 14.3 Å². The van der Waals surface area contributed by atoms with Crippen LogP contribution in [0.4, 0.5) is 5.69 Å². The van der Waals surface area contributed by atoms with Gasteiger partial charge in [-0.15, -0.1) is 0 Å². The topological polar surface area (TPSA) is 50.8 Å². The van der Waals surface area contributed by atoms with Crippen LogP contribution in [0.1, 0.15) is 24.4 Å². The lowest BCUT2D eigenvalue weighted by molar-refractivity contribution is -0.117. The lowest BCUT2D eigenvalue weighted by Gasteiger charge is -2.26. The molecule has 2 aromatic rings. The summed E-state index contributed by atoms with van der Waals surface area (Å²) in [6.45, 7) is 1.09. The number of rotatable bonds is 6. The first-order valence-corrected chi connectivity index (χ1v) is 9.48. The van der Waals surface area contributed by atoms with Gasteiger partial charge < -0.3 is 14.8 Å². The van der Waals surface area contributed by atoms with Crippen molar-refractivity contribution in [2.24, 2.45) is 0 Å². The van der Waals surface area contributed by atoms with E-state index in [2.05, 4.69) is 10.2 Å². The van der Waals surface area contributed by atoms with Crippen LogP contribution < -0.4 is 14.8 Å². The molecule has 27 heavy (non-hydrogen) atoms. The Kier molecular flexibility index (Phi) is 6.47. The number of halogens is 2. The second kappa shape index (κ2) is 8.83. The highest BCUT2D eigenvalue weighted by molar-refractivity contribution is 6.35. The molecule has 5 nitrogen and oxygen atoms in total. The van der Waals surface area contributed by atoms with Crippen LogP contribution in [0.3, 0.4) is 0 Å². The van der Waals surface area contributed by atoms with Gasteiger partial charge in [-0.2, -0.15) is 0 Å². The summed E-state index contributed by atoms with van der Waals surface area (Å²) in [5, 5.41) is 3.83. The number of methoxy groups -OCH3 is 2. The van der Waals surface area contributed by atoms with Crippen molar-refractivity contribution in [1.82, 2.24) is 4.90 Å². The Labute approximate surface area is 169 Å². The molecule has 0 aliphatic carbocycles. The quantitative estimate of drug-likeness (QED) is 0.746. The molecule has 144 valence electrons. The first-order chi connectivity index (χ1) is 13.0. The largest absolute Gasteiger partial charge is 0.497 e. The maximum Gasteiger partial charge on any atom is 0.238 e. The molecule has 0 bridgehead atoms. The van der Waals surface area contributed by atoms with Crippen LogP contribution in [0.25, 0.3) is 0 Å². The van der Waals surface area contributed by atoms with Crippen LogP contribution in [-0.4, -0.2) is 38.1 Å². The number of benzene rings is 2. The average Bonchev–Trinajstić information content (AvgIpc) is 3.11. The van der Waals surface area contributed by atoms with Gasteiger partial charge in [0.15, 0.2) is 0 Å². The van der Waals surface area contributed by atoms with E-state index in [1.165, 1.54) is 0 Å². The van der Waals surface area contributed by atoms with Gasteiger partial charge in [0.25, 0.3) is 0 Å². The predicted molar refractivity (Wildman–Crippen MR) is 108 cm³/mol. The van der Waals surface area contributed by atoms with Crippen molar-refractivity contribution in [2.75, 3.05) is 32.6 Å². The van der Waals surface area contributed by atoms with Gasteiger partial charge in [-0.05, 0) is 55.8 Å². The van der Waals surface area contributed by atoms with Gasteiger partial charge in [0.2, 0.25) is 5.91 Å². The summed E-state index contributed by atoms with van der Waals surface area (Å²) in [6.07, 6.45) is 1.96. The molecule has 1 heterocycles. The number of amides is 1. The van der Waals surface area contributed by atoms with E-state index in [0.29, 0.717) is 15.7 Å². The van der Waals surface area contributed by atoms with Gasteiger partial charge >= 0.3 is 0 Å². The second-order valence-corrected chi connectivity index (χ2v) is 7.25. The Bertz CT molecular complexity index is 829. The van der Waals surface area contributed by atoms with Crippen molar-refractivity contribution in [3.63, 3.8) is 0 Å². The number of hydrogen-bond acceptors (Lipinski definition) is 4. The number of carbonyl (C=O) groups is 1.